The molecular formula is C20H14N4O4S. The maximum absolute atomic E-state index is 12.7. The van der Waals surface area contributed by atoms with E-state index < -0.39 is 10.0 Å². The van der Waals surface area contributed by atoms with Crippen molar-refractivity contribution in [2.75, 3.05) is 4.72 Å². The number of para-hydroxylation sites is 1. The molecule has 0 aliphatic carbocycles. The molecule has 2 heterocycles. The Morgan fingerprint density at radius 2 is 1.83 bits per heavy atom. The number of rotatable bonds is 6. The Kier molecular flexibility index (Phi) is 4.85. The molecule has 0 unspecified atom stereocenters. The van der Waals surface area contributed by atoms with Gasteiger partial charge in [-0.1, -0.05) is 23.4 Å². The molecule has 29 heavy (non-hydrogen) atoms. The van der Waals surface area contributed by atoms with Crippen molar-refractivity contribution in [1.29, 1.82) is 5.26 Å². The van der Waals surface area contributed by atoms with Crippen molar-refractivity contribution in [3.05, 3.63) is 83.9 Å². The monoisotopic (exact) mass is 406 g/mol. The SMILES string of the molecule is N#Cc1ccc(S(=O)(=O)Nc2ccccc2Cc2nc(-c3ccco3)no2)cc1. The highest BCUT2D eigenvalue weighted by molar-refractivity contribution is 7.92. The van der Waals surface area contributed by atoms with Crippen LogP contribution in [0.3, 0.4) is 0 Å². The predicted molar refractivity (Wildman–Crippen MR) is 103 cm³/mol. The highest BCUT2D eigenvalue weighted by Crippen LogP contribution is 2.24. The number of sulfonamides is 1. The summed E-state index contributed by atoms with van der Waals surface area (Å²) in [6.07, 6.45) is 1.75. The summed E-state index contributed by atoms with van der Waals surface area (Å²) >= 11 is 0. The van der Waals surface area contributed by atoms with Gasteiger partial charge in [0.25, 0.3) is 10.0 Å². The molecule has 2 aromatic heterocycles. The first kappa shape index (κ1) is 18.5. The van der Waals surface area contributed by atoms with Crippen molar-refractivity contribution in [3.8, 4) is 17.7 Å². The van der Waals surface area contributed by atoms with Gasteiger partial charge in [-0.05, 0) is 48.0 Å². The smallest absolute Gasteiger partial charge is 0.261 e. The molecule has 1 N–H and O–H groups in total. The Hall–Kier alpha value is -3.90. The third-order valence-corrected chi connectivity index (χ3v) is 5.49. The maximum Gasteiger partial charge on any atom is 0.261 e. The van der Waals surface area contributed by atoms with Crippen LogP contribution in [-0.4, -0.2) is 18.6 Å². The number of benzene rings is 2. The van der Waals surface area contributed by atoms with Gasteiger partial charge in [-0.3, -0.25) is 4.72 Å². The van der Waals surface area contributed by atoms with Crippen LogP contribution in [0.15, 0.2) is 80.8 Å². The van der Waals surface area contributed by atoms with Crippen molar-refractivity contribution >= 4 is 15.7 Å². The Labute approximate surface area is 166 Å². The van der Waals surface area contributed by atoms with E-state index in [2.05, 4.69) is 14.9 Å². The zero-order valence-corrected chi connectivity index (χ0v) is 15.8. The molecule has 9 heteroatoms. The van der Waals surface area contributed by atoms with Crippen molar-refractivity contribution in [2.45, 2.75) is 11.3 Å². The van der Waals surface area contributed by atoms with Crippen molar-refractivity contribution in [3.63, 3.8) is 0 Å². The van der Waals surface area contributed by atoms with Crippen LogP contribution in [0.2, 0.25) is 0 Å². The van der Waals surface area contributed by atoms with Gasteiger partial charge in [-0.25, -0.2) is 8.42 Å². The number of anilines is 1. The summed E-state index contributed by atoms with van der Waals surface area (Å²) in [6, 6.07) is 18.0. The number of nitrogens with zero attached hydrogens (tertiary/aromatic N) is 3. The van der Waals surface area contributed by atoms with E-state index in [9.17, 15) is 8.42 Å². The lowest BCUT2D eigenvalue weighted by molar-refractivity contribution is 0.384. The number of aromatic nitrogens is 2. The van der Waals surface area contributed by atoms with E-state index in [1.54, 1.807) is 36.4 Å². The van der Waals surface area contributed by atoms with Gasteiger partial charge in [0.05, 0.1) is 34.9 Å². The van der Waals surface area contributed by atoms with E-state index in [1.807, 2.05) is 6.07 Å². The molecule has 0 saturated carbocycles. The van der Waals surface area contributed by atoms with E-state index in [0.29, 0.717) is 34.3 Å². The predicted octanol–water partition coefficient (Wildman–Crippen LogP) is 3.59. The Morgan fingerprint density at radius 3 is 2.55 bits per heavy atom. The molecule has 4 rings (SSSR count). The van der Waals surface area contributed by atoms with Gasteiger partial charge in [0, 0.05) is 0 Å². The second kappa shape index (κ2) is 7.61. The van der Waals surface area contributed by atoms with Crippen LogP contribution in [0.25, 0.3) is 11.6 Å². The summed E-state index contributed by atoms with van der Waals surface area (Å²) in [4.78, 5) is 4.34. The summed E-state index contributed by atoms with van der Waals surface area (Å²) in [6.45, 7) is 0. The molecule has 0 saturated heterocycles. The molecule has 4 aromatic rings. The molecule has 0 fully saturated rings. The van der Waals surface area contributed by atoms with Crippen molar-refractivity contribution < 1.29 is 17.4 Å². The first-order chi connectivity index (χ1) is 14.0. The van der Waals surface area contributed by atoms with Gasteiger partial charge in [0.2, 0.25) is 11.7 Å². The van der Waals surface area contributed by atoms with Crippen LogP contribution in [0.1, 0.15) is 17.0 Å². The van der Waals surface area contributed by atoms with Crippen molar-refractivity contribution in [1.82, 2.24) is 10.1 Å². The largest absolute Gasteiger partial charge is 0.461 e. The molecule has 0 bridgehead atoms. The average Bonchev–Trinajstić information content (AvgIpc) is 3.41. The average molecular weight is 406 g/mol. The summed E-state index contributed by atoms with van der Waals surface area (Å²) in [5, 5.41) is 12.7. The van der Waals surface area contributed by atoms with Gasteiger partial charge in [-0.15, -0.1) is 0 Å². The molecule has 0 amide bonds. The summed E-state index contributed by atoms with van der Waals surface area (Å²) in [5.41, 5.74) is 1.45. The first-order valence-corrected chi connectivity index (χ1v) is 10.0. The number of nitriles is 1. The molecule has 8 nitrogen and oxygen atoms in total. The lowest BCUT2D eigenvalue weighted by Crippen LogP contribution is -2.14. The van der Waals surface area contributed by atoms with Gasteiger partial charge < -0.3 is 8.94 Å². The van der Waals surface area contributed by atoms with Crippen molar-refractivity contribution in [2.24, 2.45) is 0 Å². The lowest BCUT2D eigenvalue weighted by Gasteiger charge is -2.11. The zero-order valence-electron chi connectivity index (χ0n) is 14.9. The zero-order chi connectivity index (χ0) is 20.3. The van der Waals surface area contributed by atoms with E-state index in [-0.39, 0.29) is 11.3 Å². The minimum atomic E-state index is -3.82. The number of nitrogens with one attached hydrogen (secondary N) is 1. The van der Waals surface area contributed by atoms with E-state index in [0.717, 1.165) is 0 Å². The highest BCUT2D eigenvalue weighted by Gasteiger charge is 2.18. The maximum atomic E-state index is 12.7. The Bertz CT molecular complexity index is 1270. The molecule has 2 aromatic carbocycles. The molecule has 0 radical (unpaired) electrons. The summed E-state index contributed by atoms with van der Waals surface area (Å²) in [7, 11) is -3.82. The molecule has 0 atom stereocenters. The van der Waals surface area contributed by atoms with Crippen LogP contribution in [0.5, 0.6) is 0 Å². The van der Waals surface area contributed by atoms with Gasteiger partial charge >= 0.3 is 0 Å². The second-order valence-corrected chi connectivity index (χ2v) is 7.75. The van der Waals surface area contributed by atoms with Crippen LogP contribution in [-0.2, 0) is 16.4 Å². The third-order valence-electron chi connectivity index (χ3n) is 4.11. The fourth-order valence-electron chi connectivity index (χ4n) is 2.68. The van der Waals surface area contributed by atoms with E-state index in [4.69, 9.17) is 14.2 Å². The lowest BCUT2D eigenvalue weighted by atomic mass is 10.1. The number of hydrogen-bond acceptors (Lipinski definition) is 7. The number of furan rings is 1. The second-order valence-electron chi connectivity index (χ2n) is 6.06. The molecule has 0 aliphatic rings. The van der Waals surface area contributed by atoms with Crippen LogP contribution in [0.4, 0.5) is 5.69 Å². The topological polar surface area (TPSA) is 122 Å². The van der Waals surface area contributed by atoms with E-state index in [1.165, 1.54) is 30.5 Å². The van der Waals surface area contributed by atoms with Gasteiger partial charge in [0.1, 0.15) is 0 Å². The highest BCUT2D eigenvalue weighted by atomic mass is 32.2. The minimum Gasteiger partial charge on any atom is -0.461 e. The summed E-state index contributed by atoms with van der Waals surface area (Å²) < 4.78 is 38.5. The Balaban J connectivity index is 1.57. The summed E-state index contributed by atoms with van der Waals surface area (Å²) in [5.74, 6) is 1.12. The Morgan fingerprint density at radius 1 is 1.03 bits per heavy atom. The van der Waals surface area contributed by atoms with Crippen LogP contribution < -0.4 is 4.72 Å². The van der Waals surface area contributed by atoms with Gasteiger partial charge in [-0.2, -0.15) is 10.2 Å². The van der Waals surface area contributed by atoms with E-state index >= 15 is 0 Å². The fraction of sp³-hybridized carbons (Fsp3) is 0.0500. The quantitative estimate of drug-likeness (QED) is 0.519. The van der Waals surface area contributed by atoms with Gasteiger partial charge in [0.15, 0.2) is 5.76 Å². The number of hydrogen-bond donors (Lipinski definition) is 1. The molecule has 144 valence electrons. The van der Waals surface area contributed by atoms with Crippen LogP contribution >= 0.6 is 0 Å². The third kappa shape index (κ3) is 4.02. The normalized spacial score (nSPS) is 11.1. The molecule has 0 aliphatic heterocycles. The fourth-order valence-corrected chi connectivity index (χ4v) is 3.78. The minimum absolute atomic E-state index is 0.0594. The van der Waals surface area contributed by atoms with Crippen LogP contribution in [0, 0.1) is 11.3 Å². The standard InChI is InChI=1S/C20H14N4O4S/c21-13-14-7-9-16(10-8-14)29(25,26)24-17-5-2-1-4-15(17)12-19-22-20(23-28-19)18-6-3-11-27-18/h1-11,24H,12H2. The molecular weight excluding hydrogens is 392 g/mol. The first-order valence-electron chi connectivity index (χ1n) is 8.52. The molecule has 0 spiro atoms.